The molecule has 0 aliphatic carbocycles. The molecule has 0 bridgehead atoms. The fourth-order valence-corrected chi connectivity index (χ4v) is 4.10. The van der Waals surface area contributed by atoms with Crippen LogP contribution in [-0.4, -0.2) is 66.7 Å². The van der Waals surface area contributed by atoms with Gasteiger partial charge in [0.05, 0.1) is 10.6 Å². The lowest BCUT2D eigenvalue weighted by atomic mass is 10.1. The Morgan fingerprint density at radius 1 is 1.39 bits per heavy atom. The number of sulfone groups is 1. The molecule has 0 radical (unpaired) electrons. The average molecular weight is 430 g/mol. The lowest BCUT2D eigenvalue weighted by Crippen LogP contribution is -2.38. The van der Waals surface area contributed by atoms with Gasteiger partial charge in [-0.25, -0.2) is 13.4 Å². The second-order valence-corrected chi connectivity index (χ2v) is 9.38. The summed E-state index contributed by atoms with van der Waals surface area (Å²) in [5.74, 6) is 0.0205. The predicted octanol–water partition coefficient (Wildman–Crippen LogP) is 2.39. The summed E-state index contributed by atoms with van der Waals surface area (Å²) in [6.07, 6.45) is 2.86. The third-order valence-electron chi connectivity index (χ3n) is 4.60. The van der Waals surface area contributed by atoms with Crippen LogP contribution in [0.2, 0.25) is 0 Å². The number of nitrogens with zero attached hydrogens (tertiary/aromatic N) is 3. The van der Waals surface area contributed by atoms with E-state index in [0.717, 1.165) is 25.9 Å². The van der Waals surface area contributed by atoms with Crippen LogP contribution >= 0.6 is 11.6 Å². The molecule has 154 valence electrons. The number of likely N-dealkylation sites (tertiary alicyclic amines) is 1. The quantitative estimate of drug-likeness (QED) is 0.507. The molecular weight excluding hydrogens is 406 g/mol. The minimum Gasteiger partial charge on any atom is -0.434 e. The standard InChI is InChI=1S/C18H24ClN3O5S/c1-2-28(24,25)14-6-7-16-15(10-14)20-18(27-16)17(19)21-26-12-13(23)11-22-8-4-3-5-9-22/h6-7,10,13,23H,2-5,8-9,11-12H2,1H3/b21-17-. The summed E-state index contributed by atoms with van der Waals surface area (Å²) in [4.78, 5) is 11.7. The van der Waals surface area contributed by atoms with Crippen molar-refractivity contribution in [2.24, 2.45) is 5.16 Å². The highest BCUT2D eigenvalue weighted by atomic mass is 35.5. The minimum absolute atomic E-state index is 0.000968. The van der Waals surface area contributed by atoms with Gasteiger partial charge in [0.2, 0.25) is 5.17 Å². The molecule has 10 heteroatoms. The first-order valence-electron chi connectivity index (χ1n) is 9.28. The number of hydrogen-bond donors (Lipinski definition) is 1. The molecule has 0 amide bonds. The van der Waals surface area contributed by atoms with E-state index in [9.17, 15) is 13.5 Å². The molecule has 1 atom stereocenters. The van der Waals surface area contributed by atoms with E-state index >= 15 is 0 Å². The molecule has 1 N–H and O–H groups in total. The summed E-state index contributed by atoms with van der Waals surface area (Å²) in [6, 6.07) is 4.44. The number of aliphatic hydroxyl groups is 1. The Kier molecular flexibility index (Phi) is 6.92. The maximum atomic E-state index is 12.0. The van der Waals surface area contributed by atoms with E-state index < -0.39 is 15.9 Å². The van der Waals surface area contributed by atoms with Crippen LogP contribution in [0.15, 0.2) is 32.7 Å². The molecule has 1 aromatic heterocycles. The lowest BCUT2D eigenvalue weighted by molar-refractivity contribution is 0.0160. The fourth-order valence-electron chi connectivity index (χ4n) is 3.07. The monoisotopic (exact) mass is 429 g/mol. The average Bonchev–Trinajstić information content (AvgIpc) is 3.12. The van der Waals surface area contributed by atoms with Crippen LogP contribution in [0.4, 0.5) is 0 Å². The summed E-state index contributed by atoms with van der Waals surface area (Å²) in [7, 11) is -3.34. The van der Waals surface area contributed by atoms with Gasteiger partial charge in [-0.05, 0) is 44.1 Å². The van der Waals surface area contributed by atoms with Crippen molar-refractivity contribution in [2.45, 2.75) is 37.2 Å². The van der Waals surface area contributed by atoms with E-state index in [4.69, 9.17) is 20.9 Å². The van der Waals surface area contributed by atoms with Crippen molar-refractivity contribution in [2.75, 3.05) is 32.0 Å². The molecule has 28 heavy (non-hydrogen) atoms. The minimum atomic E-state index is -3.34. The summed E-state index contributed by atoms with van der Waals surface area (Å²) < 4.78 is 29.4. The third-order valence-corrected chi connectivity index (χ3v) is 6.57. The predicted molar refractivity (Wildman–Crippen MR) is 106 cm³/mol. The van der Waals surface area contributed by atoms with Crippen LogP contribution in [-0.2, 0) is 14.7 Å². The number of β-amino-alcohol motifs (C(OH)–C–C–N with tert-alkyl or cyclic N) is 1. The molecule has 2 aromatic rings. The largest absolute Gasteiger partial charge is 0.434 e. The molecule has 0 saturated carbocycles. The second kappa shape index (κ2) is 9.21. The van der Waals surface area contributed by atoms with E-state index in [2.05, 4.69) is 15.0 Å². The van der Waals surface area contributed by atoms with Crippen molar-refractivity contribution in [1.29, 1.82) is 0 Å². The molecule has 1 aliphatic rings. The Balaban J connectivity index is 1.61. The van der Waals surface area contributed by atoms with E-state index in [0.29, 0.717) is 17.6 Å². The van der Waals surface area contributed by atoms with Gasteiger partial charge in [0, 0.05) is 6.54 Å². The second-order valence-electron chi connectivity index (χ2n) is 6.74. The Morgan fingerprint density at radius 2 is 2.14 bits per heavy atom. The number of oxime groups is 1. The fraction of sp³-hybridized carbons (Fsp3) is 0.556. The summed E-state index contributed by atoms with van der Waals surface area (Å²) in [6.45, 7) is 4.09. The van der Waals surface area contributed by atoms with Crippen molar-refractivity contribution in [3.05, 3.63) is 24.1 Å². The Hall–Kier alpha value is -1.68. The number of benzene rings is 1. The Bertz CT molecular complexity index is 938. The first-order chi connectivity index (χ1) is 13.4. The van der Waals surface area contributed by atoms with Gasteiger partial charge in [-0.1, -0.05) is 30.1 Å². The highest BCUT2D eigenvalue weighted by Crippen LogP contribution is 2.22. The van der Waals surface area contributed by atoms with Gasteiger partial charge in [-0.2, -0.15) is 0 Å². The van der Waals surface area contributed by atoms with Gasteiger partial charge in [-0.3, -0.25) is 0 Å². The number of halogens is 1. The summed E-state index contributed by atoms with van der Waals surface area (Å²) >= 11 is 6.07. The van der Waals surface area contributed by atoms with Crippen LogP contribution < -0.4 is 0 Å². The van der Waals surface area contributed by atoms with Gasteiger partial charge < -0.3 is 19.3 Å². The van der Waals surface area contributed by atoms with Gasteiger partial charge in [0.15, 0.2) is 15.4 Å². The number of piperidine rings is 1. The molecular formula is C18H24ClN3O5S. The number of oxazole rings is 1. The first-order valence-corrected chi connectivity index (χ1v) is 11.3. The van der Waals surface area contributed by atoms with Crippen LogP contribution in [0.5, 0.6) is 0 Å². The van der Waals surface area contributed by atoms with Crippen LogP contribution in [0.3, 0.4) is 0 Å². The molecule has 2 heterocycles. The molecule has 8 nitrogen and oxygen atoms in total. The van der Waals surface area contributed by atoms with Crippen LogP contribution in [0.1, 0.15) is 32.1 Å². The zero-order valence-corrected chi connectivity index (χ0v) is 17.2. The molecule has 1 aliphatic heterocycles. The van der Waals surface area contributed by atoms with Crippen molar-refractivity contribution >= 4 is 37.7 Å². The lowest BCUT2D eigenvalue weighted by Gasteiger charge is -2.27. The number of fused-ring (bicyclic) bond motifs is 1. The smallest absolute Gasteiger partial charge is 0.261 e. The van der Waals surface area contributed by atoms with Gasteiger partial charge >= 0.3 is 0 Å². The molecule has 1 fully saturated rings. The van der Waals surface area contributed by atoms with E-state index in [1.807, 2.05) is 0 Å². The number of rotatable bonds is 8. The van der Waals surface area contributed by atoms with Crippen molar-refractivity contribution in [3.8, 4) is 0 Å². The highest BCUT2D eigenvalue weighted by Gasteiger charge is 2.17. The van der Waals surface area contributed by atoms with E-state index in [1.165, 1.54) is 24.6 Å². The SMILES string of the molecule is CCS(=O)(=O)c1ccc2oc(/C(Cl)=N/OCC(O)CN3CCCCC3)nc2c1. The van der Waals surface area contributed by atoms with Crippen LogP contribution in [0, 0.1) is 0 Å². The first kappa shape index (κ1) is 21.0. The van der Waals surface area contributed by atoms with Gasteiger partial charge in [-0.15, -0.1) is 0 Å². The number of aliphatic hydroxyl groups excluding tert-OH is 1. The van der Waals surface area contributed by atoms with Crippen molar-refractivity contribution in [1.82, 2.24) is 9.88 Å². The van der Waals surface area contributed by atoms with Crippen molar-refractivity contribution in [3.63, 3.8) is 0 Å². The highest BCUT2D eigenvalue weighted by molar-refractivity contribution is 7.91. The Morgan fingerprint density at radius 3 is 2.86 bits per heavy atom. The summed E-state index contributed by atoms with van der Waals surface area (Å²) in [5, 5.41) is 13.7. The molecule has 1 aromatic carbocycles. The number of hydrogen-bond acceptors (Lipinski definition) is 8. The van der Waals surface area contributed by atoms with E-state index in [-0.39, 0.29) is 28.3 Å². The molecule has 3 rings (SSSR count). The van der Waals surface area contributed by atoms with E-state index in [1.54, 1.807) is 6.92 Å². The van der Waals surface area contributed by atoms with Crippen LogP contribution in [0.25, 0.3) is 11.1 Å². The zero-order valence-electron chi connectivity index (χ0n) is 15.7. The van der Waals surface area contributed by atoms with Gasteiger partial charge in [0.1, 0.15) is 18.2 Å². The topological polar surface area (TPSA) is 105 Å². The molecule has 1 saturated heterocycles. The van der Waals surface area contributed by atoms with Crippen molar-refractivity contribution < 1.29 is 22.8 Å². The maximum Gasteiger partial charge on any atom is 0.261 e. The zero-order chi connectivity index (χ0) is 20.1. The van der Waals surface area contributed by atoms with Gasteiger partial charge in [0.25, 0.3) is 5.89 Å². The summed E-state index contributed by atoms with van der Waals surface area (Å²) in [5.41, 5.74) is 0.756. The number of aromatic nitrogens is 1. The third kappa shape index (κ3) is 5.22. The molecule has 0 spiro atoms. The normalized spacial score (nSPS) is 17.8. The molecule has 1 unspecified atom stereocenters. The maximum absolute atomic E-state index is 12.0. The Labute approximate surface area is 169 Å².